The first-order valence-electron chi connectivity index (χ1n) is 13.0. The third kappa shape index (κ3) is 6.05. The molecule has 3 heterocycles. The Bertz CT molecular complexity index is 1410. The summed E-state index contributed by atoms with van der Waals surface area (Å²) in [6.45, 7) is 3.85. The number of likely N-dealkylation sites (N-methyl/N-ethyl adjacent to an activating group) is 1. The van der Waals surface area contributed by atoms with Crippen molar-refractivity contribution >= 4 is 22.7 Å². The van der Waals surface area contributed by atoms with Crippen molar-refractivity contribution < 1.29 is 18.4 Å². The minimum atomic E-state index is -3.11. The monoisotopic (exact) mass is 532 g/mol. The van der Waals surface area contributed by atoms with E-state index < -0.39 is 43.3 Å². The summed E-state index contributed by atoms with van der Waals surface area (Å²) in [6, 6.07) is 16.2. The van der Waals surface area contributed by atoms with Crippen LogP contribution in [-0.4, -0.2) is 89.8 Å². The number of carbonyl (C=O) groups excluding carboxylic acids is 2. The molecule has 0 unspecified atom stereocenters. The van der Waals surface area contributed by atoms with Gasteiger partial charge in [0, 0.05) is 50.7 Å². The molecule has 1 N–H and O–H groups in total. The number of halogens is 2. The summed E-state index contributed by atoms with van der Waals surface area (Å²) in [6.07, 6.45) is 0.816. The molecule has 0 radical (unpaired) electrons. The maximum Gasteiger partial charge on any atom is 0.268 e. The summed E-state index contributed by atoms with van der Waals surface area (Å²) in [5.41, 5.74) is 4.10. The second-order valence-electron chi connectivity index (χ2n) is 10.3. The molecule has 0 saturated carbocycles. The zero-order chi connectivity index (χ0) is 27.6. The summed E-state index contributed by atoms with van der Waals surface area (Å²) >= 11 is 0. The van der Waals surface area contributed by atoms with Crippen molar-refractivity contribution in [2.45, 2.75) is 24.9 Å². The number of aromatic nitrogens is 1. The Morgan fingerprint density at radius 2 is 1.79 bits per heavy atom. The highest BCUT2D eigenvalue weighted by Crippen LogP contribution is 2.31. The van der Waals surface area contributed by atoms with Crippen LogP contribution < -0.4 is 5.32 Å². The highest BCUT2D eigenvalue weighted by molar-refractivity contribution is 6.07. The quantitative estimate of drug-likeness (QED) is 0.525. The van der Waals surface area contributed by atoms with Crippen LogP contribution in [0.1, 0.15) is 22.3 Å². The molecule has 2 saturated heterocycles. The van der Waals surface area contributed by atoms with Crippen LogP contribution in [0.25, 0.3) is 22.0 Å². The maximum absolute atomic E-state index is 13.7. The summed E-state index contributed by atoms with van der Waals surface area (Å²) in [7, 11) is 2.14. The highest BCUT2D eigenvalue weighted by atomic mass is 19.3. The summed E-state index contributed by atoms with van der Waals surface area (Å²) in [5.74, 6) is -4.35. The zero-order valence-corrected chi connectivity index (χ0v) is 21.7. The van der Waals surface area contributed by atoms with E-state index in [0.29, 0.717) is 16.5 Å². The van der Waals surface area contributed by atoms with Crippen LogP contribution in [-0.2, 0) is 11.3 Å². The van der Waals surface area contributed by atoms with E-state index >= 15 is 0 Å². The Morgan fingerprint density at radius 1 is 1.08 bits per heavy atom. The number of nitrogens with one attached hydrogen (secondary N) is 1. The van der Waals surface area contributed by atoms with Gasteiger partial charge in [-0.3, -0.25) is 19.5 Å². The molecule has 2 amide bonds. The van der Waals surface area contributed by atoms with E-state index in [1.54, 1.807) is 12.1 Å². The fraction of sp³-hybridized carbons (Fsp3) is 0.379. The Labute approximate surface area is 225 Å². The largest absolute Gasteiger partial charge is 0.343 e. The van der Waals surface area contributed by atoms with Crippen molar-refractivity contribution in [3.8, 4) is 17.2 Å². The van der Waals surface area contributed by atoms with Crippen molar-refractivity contribution in [1.82, 2.24) is 25.0 Å². The number of piperazine rings is 1. The predicted molar refractivity (Wildman–Crippen MR) is 143 cm³/mol. The van der Waals surface area contributed by atoms with E-state index in [1.807, 2.05) is 18.2 Å². The van der Waals surface area contributed by atoms with Crippen molar-refractivity contribution in [2.75, 3.05) is 46.3 Å². The van der Waals surface area contributed by atoms with Crippen LogP contribution in [0.15, 0.2) is 54.7 Å². The van der Waals surface area contributed by atoms with Gasteiger partial charge in [-0.25, -0.2) is 8.78 Å². The van der Waals surface area contributed by atoms with Crippen LogP contribution in [0, 0.1) is 11.3 Å². The number of benzene rings is 2. The van der Waals surface area contributed by atoms with E-state index in [2.05, 4.69) is 51.4 Å². The van der Waals surface area contributed by atoms with Gasteiger partial charge in [0.25, 0.3) is 11.8 Å². The number of pyridine rings is 1. The molecule has 0 aliphatic carbocycles. The molecular formula is C29H30F2N6O2. The molecule has 10 heteroatoms. The number of nitrogens with zero attached hydrogens (tertiary/aromatic N) is 5. The Hall–Kier alpha value is -3.94. The van der Waals surface area contributed by atoms with Crippen molar-refractivity contribution in [2.24, 2.45) is 0 Å². The number of hydrogen-bond acceptors (Lipinski definition) is 6. The van der Waals surface area contributed by atoms with Crippen molar-refractivity contribution in [3.63, 3.8) is 0 Å². The number of nitriles is 1. The zero-order valence-electron chi connectivity index (χ0n) is 21.7. The van der Waals surface area contributed by atoms with Crippen LogP contribution >= 0.6 is 0 Å². The van der Waals surface area contributed by atoms with Gasteiger partial charge in [-0.1, -0.05) is 30.3 Å². The van der Waals surface area contributed by atoms with Crippen molar-refractivity contribution in [3.05, 3.63) is 65.9 Å². The first-order chi connectivity index (χ1) is 18.7. The molecule has 202 valence electrons. The standard InChI is InChI=1S/C29H30F2N6O2/c1-35-10-12-36(13-11-35)18-20-2-4-21(5-3-20)22-6-7-26-25(14-22)24(8-9-33-26)28(39)34-17-27(38)37-19-29(30,31)15-23(37)16-32/h2-9,14,23H,10-13,15,17-19H2,1H3,(H,34,39)/t23-/m0/s1. The molecule has 8 nitrogen and oxygen atoms in total. The van der Waals surface area contributed by atoms with Gasteiger partial charge in [0.2, 0.25) is 5.91 Å². The van der Waals surface area contributed by atoms with Gasteiger partial charge in [0.05, 0.1) is 30.2 Å². The topological polar surface area (TPSA) is 92.6 Å². The fourth-order valence-corrected chi connectivity index (χ4v) is 5.14. The number of amides is 2. The lowest BCUT2D eigenvalue weighted by molar-refractivity contribution is -0.131. The smallest absolute Gasteiger partial charge is 0.268 e. The minimum absolute atomic E-state index is 0.324. The highest BCUT2D eigenvalue weighted by Gasteiger charge is 2.47. The summed E-state index contributed by atoms with van der Waals surface area (Å²) in [4.78, 5) is 35.5. The van der Waals surface area contributed by atoms with E-state index in [9.17, 15) is 18.4 Å². The summed E-state index contributed by atoms with van der Waals surface area (Å²) < 4.78 is 27.4. The van der Waals surface area contributed by atoms with Crippen LogP contribution in [0.5, 0.6) is 0 Å². The van der Waals surface area contributed by atoms with Gasteiger partial charge in [-0.05, 0) is 41.9 Å². The molecule has 2 aliphatic rings. The van der Waals surface area contributed by atoms with Gasteiger partial charge in [0.15, 0.2) is 0 Å². The number of rotatable bonds is 6. The van der Waals surface area contributed by atoms with Gasteiger partial charge in [-0.2, -0.15) is 5.26 Å². The number of likely N-dealkylation sites (tertiary alicyclic amines) is 1. The number of alkyl halides is 2. The molecule has 0 spiro atoms. The van der Waals surface area contributed by atoms with Crippen molar-refractivity contribution in [1.29, 1.82) is 5.26 Å². The molecular weight excluding hydrogens is 502 g/mol. The van der Waals surface area contributed by atoms with E-state index in [0.717, 1.165) is 48.8 Å². The Morgan fingerprint density at radius 3 is 2.51 bits per heavy atom. The number of carbonyl (C=O) groups is 2. The third-order valence-corrected chi connectivity index (χ3v) is 7.41. The number of hydrogen-bond donors (Lipinski definition) is 1. The Balaban J connectivity index is 1.28. The lowest BCUT2D eigenvalue weighted by Crippen LogP contribution is -2.43. The van der Waals surface area contributed by atoms with Gasteiger partial charge >= 0.3 is 0 Å². The van der Waals surface area contributed by atoms with Crippen LogP contribution in [0.2, 0.25) is 0 Å². The molecule has 2 aromatic carbocycles. The molecule has 2 fully saturated rings. The van der Waals surface area contributed by atoms with Crippen LogP contribution in [0.3, 0.4) is 0 Å². The first kappa shape index (κ1) is 26.7. The average Bonchev–Trinajstić information content (AvgIpc) is 3.27. The molecule has 5 rings (SSSR count). The van der Waals surface area contributed by atoms with Gasteiger partial charge < -0.3 is 15.1 Å². The van der Waals surface area contributed by atoms with E-state index in [4.69, 9.17) is 5.26 Å². The lowest BCUT2D eigenvalue weighted by atomic mass is 9.99. The average molecular weight is 533 g/mol. The van der Waals surface area contributed by atoms with Crippen LogP contribution in [0.4, 0.5) is 8.78 Å². The van der Waals surface area contributed by atoms with Gasteiger partial charge in [0.1, 0.15) is 6.04 Å². The van der Waals surface area contributed by atoms with E-state index in [-0.39, 0.29) is 0 Å². The molecule has 2 aliphatic heterocycles. The minimum Gasteiger partial charge on any atom is -0.343 e. The third-order valence-electron chi connectivity index (χ3n) is 7.41. The second-order valence-corrected chi connectivity index (χ2v) is 10.3. The fourth-order valence-electron chi connectivity index (χ4n) is 5.14. The molecule has 1 atom stereocenters. The normalized spacial score (nSPS) is 19.6. The second kappa shape index (κ2) is 11.0. The SMILES string of the molecule is CN1CCN(Cc2ccc(-c3ccc4nccc(C(=O)NCC(=O)N5CC(F)(F)C[C@H]5C#N)c4c3)cc2)CC1. The predicted octanol–water partition coefficient (Wildman–Crippen LogP) is 3.14. The molecule has 3 aromatic rings. The molecule has 1 aromatic heterocycles. The Kier molecular flexibility index (Phi) is 7.55. The first-order valence-corrected chi connectivity index (χ1v) is 13.0. The maximum atomic E-state index is 13.7. The van der Waals surface area contributed by atoms with E-state index in [1.165, 1.54) is 11.8 Å². The number of fused-ring (bicyclic) bond motifs is 1. The molecule has 0 bridgehead atoms. The summed E-state index contributed by atoms with van der Waals surface area (Å²) in [5, 5.41) is 12.3. The molecule has 39 heavy (non-hydrogen) atoms. The lowest BCUT2D eigenvalue weighted by Gasteiger charge is -2.32. The van der Waals surface area contributed by atoms with Gasteiger partial charge in [-0.15, -0.1) is 0 Å².